The van der Waals surface area contributed by atoms with Gasteiger partial charge in [-0.15, -0.1) is 0 Å². The molecule has 33 heavy (non-hydrogen) atoms. The topological polar surface area (TPSA) is 101 Å². The van der Waals surface area contributed by atoms with Crippen LogP contribution in [0.1, 0.15) is 17.5 Å². The number of primary amides is 1. The highest BCUT2D eigenvalue weighted by molar-refractivity contribution is 5.98. The van der Waals surface area contributed by atoms with Gasteiger partial charge in [-0.2, -0.15) is 0 Å². The highest BCUT2D eigenvalue weighted by Gasteiger charge is 2.28. The second-order valence-electron chi connectivity index (χ2n) is 7.48. The van der Waals surface area contributed by atoms with E-state index < -0.39 is 17.7 Å². The highest BCUT2D eigenvalue weighted by Crippen LogP contribution is 2.27. The Balaban J connectivity index is 1.57. The number of halogens is 2. The quantitative estimate of drug-likeness (QED) is 0.638. The Bertz CT molecular complexity index is 1140. The first-order valence-corrected chi connectivity index (χ1v) is 10.5. The van der Waals surface area contributed by atoms with E-state index in [1.165, 1.54) is 6.20 Å². The molecule has 0 spiro atoms. The number of hydrogen-bond acceptors (Lipinski definition) is 5. The van der Waals surface area contributed by atoms with Gasteiger partial charge in [0.1, 0.15) is 17.5 Å². The van der Waals surface area contributed by atoms with Gasteiger partial charge in [-0.3, -0.25) is 4.79 Å². The number of benzene rings is 1. The van der Waals surface area contributed by atoms with Gasteiger partial charge in [-0.05, 0) is 31.2 Å². The maximum absolute atomic E-state index is 13.7. The summed E-state index contributed by atoms with van der Waals surface area (Å²) in [4.78, 5) is 38.6. The summed E-state index contributed by atoms with van der Waals surface area (Å²) < 4.78 is 29.0. The summed E-state index contributed by atoms with van der Waals surface area (Å²) in [5.41, 5.74) is 5.36. The Kier molecular flexibility index (Phi) is 6.20. The van der Waals surface area contributed by atoms with E-state index >= 15 is 0 Å². The normalized spacial score (nSPS) is 13.8. The summed E-state index contributed by atoms with van der Waals surface area (Å²) in [5, 5.41) is 0. The molecule has 0 radical (unpaired) electrons. The zero-order valence-corrected chi connectivity index (χ0v) is 18.0. The maximum atomic E-state index is 13.7. The van der Waals surface area contributed by atoms with Crippen molar-refractivity contribution in [2.45, 2.75) is 13.5 Å². The minimum atomic E-state index is -0.983. The molecule has 1 saturated heterocycles. The third-order valence-corrected chi connectivity index (χ3v) is 5.39. The number of rotatable bonds is 5. The molecule has 1 aliphatic heterocycles. The van der Waals surface area contributed by atoms with Gasteiger partial charge in [0.05, 0.1) is 5.69 Å². The third kappa shape index (κ3) is 4.61. The van der Waals surface area contributed by atoms with Crippen molar-refractivity contribution in [3.8, 4) is 0 Å². The van der Waals surface area contributed by atoms with Gasteiger partial charge in [0.25, 0.3) is 5.91 Å². The SMILES string of the molecule is CCn1cc(N(C(N)=O)c2cc(F)cc(F)c2)nc1C(=O)N1CCN(c2ccccn2)CC1. The number of amides is 3. The number of imidazole rings is 1. The molecule has 4 rings (SSSR count). The fourth-order valence-corrected chi connectivity index (χ4v) is 3.78. The number of anilines is 3. The number of pyridine rings is 1. The Morgan fingerprint density at radius 3 is 2.36 bits per heavy atom. The molecule has 9 nitrogen and oxygen atoms in total. The first kappa shape index (κ1) is 22.2. The van der Waals surface area contributed by atoms with Gasteiger partial charge >= 0.3 is 6.03 Å². The Labute approximate surface area is 189 Å². The molecule has 0 saturated carbocycles. The van der Waals surface area contributed by atoms with Crippen molar-refractivity contribution in [2.24, 2.45) is 5.73 Å². The summed E-state index contributed by atoms with van der Waals surface area (Å²) >= 11 is 0. The molecule has 172 valence electrons. The standard InChI is InChI=1S/C22H23F2N7O2/c1-2-28-14-19(31(22(25)33)17-12-15(23)11-16(24)13-17)27-20(28)21(32)30-9-7-29(8-10-30)18-5-3-4-6-26-18/h3-6,11-14H,2,7-10H2,1H3,(H2,25,33). The molecule has 3 aromatic rings. The molecule has 11 heteroatoms. The first-order valence-electron chi connectivity index (χ1n) is 10.5. The van der Waals surface area contributed by atoms with Gasteiger partial charge < -0.3 is 20.1 Å². The predicted octanol–water partition coefficient (Wildman–Crippen LogP) is 2.76. The lowest BCUT2D eigenvalue weighted by atomic mass is 10.2. The fourth-order valence-electron chi connectivity index (χ4n) is 3.78. The molecule has 1 aromatic carbocycles. The average Bonchev–Trinajstić information content (AvgIpc) is 3.22. The van der Waals surface area contributed by atoms with Crippen LogP contribution in [-0.4, -0.2) is 57.6 Å². The van der Waals surface area contributed by atoms with Crippen molar-refractivity contribution >= 4 is 29.3 Å². The van der Waals surface area contributed by atoms with Gasteiger partial charge in [0, 0.05) is 51.2 Å². The summed E-state index contributed by atoms with van der Waals surface area (Å²) in [5.74, 6) is -1.08. The number of hydrogen-bond donors (Lipinski definition) is 1. The predicted molar refractivity (Wildman–Crippen MR) is 118 cm³/mol. The molecule has 2 aromatic heterocycles. The number of aryl methyl sites for hydroxylation is 1. The maximum Gasteiger partial charge on any atom is 0.325 e. The first-order chi connectivity index (χ1) is 15.9. The van der Waals surface area contributed by atoms with Gasteiger partial charge in [-0.25, -0.2) is 28.4 Å². The Morgan fingerprint density at radius 2 is 1.79 bits per heavy atom. The second kappa shape index (κ2) is 9.23. The molecule has 1 aliphatic rings. The van der Waals surface area contributed by atoms with E-state index in [-0.39, 0.29) is 23.2 Å². The second-order valence-corrected chi connectivity index (χ2v) is 7.48. The lowest BCUT2D eigenvalue weighted by Crippen LogP contribution is -2.49. The van der Waals surface area contributed by atoms with Crippen LogP contribution in [0, 0.1) is 11.6 Å². The van der Waals surface area contributed by atoms with E-state index in [1.807, 2.05) is 25.1 Å². The monoisotopic (exact) mass is 455 g/mol. The fraction of sp³-hybridized carbons (Fsp3) is 0.273. The van der Waals surface area contributed by atoms with Crippen molar-refractivity contribution in [2.75, 3.05) is 36.0 Å². The molecule has 3 heterocycles. The van der Waals surface area contributed by atoms with Crippen LogP contribution in [-0.2, 0) is 6.54 Å². The number of carbonyl (C=O) groups excluding carboxylic acids is 2. The van der Waals surface area contributed by atoms with Crippen LogP contribution in [0.5, 0.6) is 0 Å². The minimum Gasteiger partial charge on any atom is -0.353 e. The van der Waals surface area contributed by atoms with Crippen LogP contribution in [0.25, 0.3) is 0 Å². The van der Waals surface area contributed by atoms with Crippen molar-refractivity contribution < 1.29 is 18.4 Å². The molecule has 1 fully saturated rings. The third-order valence-electron chi connectivity index (χ3n) is 5.39. The average molecular weight is 455 g/mol. The van der Waals surface area contributed by atoms with Gasteiger partial charge in [0.2, 0.25) is 5.82 Å². The van der Waals surface area contributed by atoms with Crippen LogP contribution in [0.2, 0.25) is 0 Å². The van der Waals surface area contributed by atoms with Crippen molar-refractivity contribution in [1.82, 2.24) is 19.4 Å². The van der Waals surface area contributed by atoms with Crippen LogP contribution < -0.4 is 15.5 Å². The van der Waals surface area contributed by atoms with Crippen LogP contribution in [0.15, 0.2) is 48.8 Å². The van der Waals surface area contributed by atoms with Gasteiger partial charge in [-0.1, -0.05) is 6.07 Å². The van der Waals surface area contributed by atoms with Crippen molar-refractivity contribution in [3.63, 3.8) is 0 Å². The summed E-state index contributed by atoms with van der Waals surface area (Å²) in [7, 11) is 0. The lowest BCUT2D eigenvalue weighted by molar-refractivity contribution is 0.0729. The van der Waals surface area contributed by atoms with Crippen LogP contribution in [0.3, 0.4) is 0 Å². The van der Waals surface area contributed by atoms with Crippen molar-refractivity contribution in [1.29, 1.82) is 0 Å². The molecule has 2 N–H and O–H groups in total. The molecule has 3 amide bonds. The molecule has 0 bridgehead atoms. The van der Waals surface area contributed by atoms with E-state index in [2.05, 4.69) is 14.9 Å². The minimum absolute atomic E-state index is 0.00446. The number of aromatic nitrogens is 3. The van der Waals surface area contributed by atoms with Crippen molar-refractivity contribution in [3.05, 3.63) is 66.3 Å². The number of piperazine rings is 1. The number of carbonyl (C=O) groups is 2. The van der Waals surface area contributed by atoms with Gasteiger partial charge in [0.15, 0.2) is 5.82 Å². The Morgan fingerprint density at radius 1 is 1.09 bits per heavy atom. The molecule has 0 unspecified atom stereocenters. The zero-order valence-electron chi connectivity index (χ0n) is 18.0. The molecular formula is C22H23F2N7O2. The molecule has 0 atom stereocenters. The van der Waals surface area contributed by atoms with Crippen LogP contribution >= 0.6 is 0 Å². The van der Waals surface area contributed by atoms with E-state index in [9.17, 15) is 18.4 Å². The number of urea groups is 1. The van der Waals surface area contributed by atoms with E-state index in [0.717, 1.165) is 22.9 Å². The Hall–Kier alpha value is -4.02. The number of nitrogens with zero attached hydrogens (tertiary/aromatic N) is 6. The van der Waals surface area contributed by atoms with Crippen LogP contribution in [0.4, 0.5) is 30.9 Å². The molecular weight excluding hydrogens is 432 g/mol. The van der Waals surface area contributed by atoms with E-state index in [1.54, 1.807) is 15.7 Å². The van der Waals surface area contributed by atoms with E-state index in [0.29, 0.717) is 38.8 Å². The van der Waals surface area contributed by atoms with E-state index in [4.69, 9.17) is 5.73 Å². The summed E-state index contributed by atoms with van der Waals surface area (Å²) in [6, 6.07) is 7.32. The zero-order chi connectivity index (χ0) is 23.5. The highest BCUT2D eigenvalue weighted by atomic mass is 19.1. The number of nitrogens with two attached hydrogens (primary N) is 1. The smallest absolute Gasteiger partial charge is 0.325 e. The summed E-state index contributed by atoms with van der Waals surface area (Å²) in [6.45, 7) is 4.37. The molecule has 0 aliphatic carbocycles. The summed E-state index contributed by atoms with van der Waals surface area (Å²) in [6.07, 6.45) is 3.19. The lowest BCUT2D eigenvalue weighted by Gasteiger charge is -2.35. The largest absolute Gasteiger partial charge is 0.353 e.